The van der Waals surface area contributed by atoms with Gasteiger partial charge in [-0.1, -0.05) is 73.5 Å². The highest BCUT2D eigenvalue weighted by Gasteiger charge is 2.43. The predicted molar refractivity (Wildman–Crippen MR) is 146 cm³/mol. The number of rotatable bonds is 9. The van der Waals surface area contributed by atoms with Crippen LogP contribution in [0, 0.1) is 5.82 Å². The molecule has 1 N–H and O–H groups in total. The van der Waals surface area contributed by atoms with E-state index in [1.165, 1.54) is 41.3 Å². The molecule has 3 aromatic rings. The van der Waals surface area contributed by atoms with Crippen molar-refractivity contribution in [2.45, 2.75) is 55.6 Å². The van der Waals surface area contributed by atoms with Gasteiger partial charge in [-0.3, -0.25) is 14.4 Å². The Balaban J connectivity index is 1.50. The van der Waals surface area contributed by atoms with Crippen molar-refractivity contribution in [2.24, 2.45) is 0 Å². The van der Waals surface area contributed by atoms with Gasteiger partial charge in [0.25, 0.3) is 15.9 Å². The number of benzene rings is 3. The highest BCUT2D eigenvalue weighted by atomic mass is 32.2. The van der Waals surface area contributed by atoms with Crippen molar-refractivity contribution < 1.29 is 27.2 Å². The van der Waals surface area contributed by atoms with Crippen molar-refractivity contribution in [2.75, 3.05) is 6.54 Å². The van der Waals surface area contributed by atoms with Crippen molar-refractivity contribution in [3.05, 3.63) is 101 Å². The second-order valence-electron chi connectivity index (χ2n) is 10.1. The minimum absolute atomic E-state index is 0.0178. The van der Waals surface area contributed by atoms with Crippen LogP contribution in [0.3, 0.4) is 0 Å². The molecule has 40 heavy (non-hydrogen) atoms. The Morgan fingerprint density at radius 1 is 0.950 bits per heavy atom. The molecule has 5 rings (SSSR count). The number of carbonyl (C=O) groups is 3. The van der Waals surface area contributed by atoms with Gasteiger partial charge in [0, 0.05) is 24.6 Å². The fourth-order valence-electron chi connectivity index (χ4n) is 5.33. The van der Waals surface area contributed by atoms with E-state index < -0.39 is 46.1 Å². The number of fused-ring (bicyclic) bond motifs is 1. The summed E-state index contributed by atoms with van der Waals surface area (Å²) in [6.45, 7) is -1.09. The Bertz CT molecular complexity index is 1520. The van der Waals surface area contributed by atoms with Gasteiger partial charge in [0.05, 0.1) is 5.56 Å². The molecule has 208 valence electrons. The molecular formula is C30H30FN3O5S. The quantitative estimate of drug-likeness (QED) is 0.428. The largest absolute Gasteiger partial charge is 0.352 e. The van der Waals surface area contributed by atoms with Gasteiger partial charge in [0.2, 0.25) is 11.8 Å². The molecule has 1 atom stereocenters. The van der Waals surface area contributed by atoms with Gasteiger partial charge >= 0.3 is 0 Å². The molecule has 0 saturated heterocycles. The lowest BCUT2D eigenvalue weighted by atomic mass is 10.0. The van der Waals surface area contributed by atoms with Crippen LogP contribution < -0.4 is 5.32 Å². The lowest BCUT2D eigenvalue weighted by molar-refractivity contribution is -0.141. The summed E-state index contributed by atoms with van der Waals surface area (Å²) in [4.78, 5) is 41.7. The van der Waals surface area contributed by atoms with E-state index in [2.05, 4.69) is 5.32 Å². The van der Waals surface area contributed by atoms with Crippen molar-refractivity contribution in [1.82, 2.24) is 14.5 Å². The molecule has 8 nitrogen and oxygen atoms in total. The third-order valence-electron chi connectivity index (χ3n) is 7.46. The van der Waals surface area contributed by atoms with E-state index in [9.17, 15) is 27.2 Å². The number of nitrogens with one attached hydrogen (secondary N) is 1. The van der Waals surface area contributed by atoms with Gasteiger partial charge in [-0.15, -0.1) is 0 Å². The minimum atomic E-state index is -4.27. The van der Waals surface area contributed by atoms with Crippen molar-refractivity contribution in [3.63, 3.8) is 0 Å². The molecule has 0 radical (unpaired) electrons. The maximum atomic E-state index is 14.8. The van der Waals surface area contributed by atoms with Crippen molar-refractivity contribution in [3.8, 4) is 0 Å². The maximum absolute atomic E-state index is 14.8. The third kappa shape index (κ3) is 5.62. The van der Waals surface area contributed by atoms with E-state index in [0.29, 0.717) is 4.31 Å². The van der Waals surface area contributed by atoms with E-state index in [4.69, 9.17) is 0 Å². The molecule has 1 aliphatic carbocycles. The first-order chi connectivity index (χ1) is 19.3. The standard InChI is InChI=1S/C30H30FN3O5S/c31-25-16-8-4-12-22(25)19-33(28(35)20-34-30(37)24-15-7-9-17-27(24)40(34,38)39)26(18-21-10-2-1-3-11-21)29(36)32-23-13-5-6-14-23/h1-4,7-12,15-17,23,26H,5-6,13-14,18-20H2,(H,32,36)/t26-/m0/s1. The topological polar surface area (TPSA) is 104 Å². The summed E-state index contributed by atoms with van der Waals surface area (Å²) in [6, 6.07) is 19.7. The van der Waals surface area contributed by atoms with Crippen LogP contribution in [0.1, 0.15) is 47.2 Å². The van der Waals surface area contributed by atoms with Gasteiger partial charge in [-0.05, 0) is 36.6 Å². The molecule has 2 aliphatic rings. The molecule has 0 spiro atoms. The van der Waals surface area contributed by atoms with Crippen molar-refractivity contribution in [1.29, 1.82) is 0 Å². The molecular weight excluding hydrogens is 533 g/mol. The van der Waals surface area contributed by atoms with Gasteiger partial charge < -0.3 is 10.2 Å². The van der Waals surface area contributed by atoms with Gasteiger partial charge in [0.15, 0.2) is 0 Å². The Morgan fingerprint density at radius 2 is 1.60 bits per heavy atom. The average molecular weight is 564 g/mol. The summed E-state index contributed by atoms with van der Waals surface area (Å²) in [6.07, 6.45) is 3.75. The van der Waals surface area contributed by atoms with Gasteiger partial charge in [-0.25, -0.2) is 17.1 Å². The Morgan fingerprint density at radius 3 is 2.30 bits per heavy atom. The summed E-state index contributed by atoms with van der Waals surface area (Å²) >= 11 is 0. The predicted octanol–water partition coefficient (Wildman–Crippen LogP) is 3.67. The van der Waals surface area contributed by atoms with E-state index in [-0.39, 0.29) is 35.0 Å². The first kappa shape index (κ1) is 27.5. The maximum Gasteiger partial charge on any atom is 0.269 e. The Labute approximate surface area is 232 Å². The molecule has 3 aromatic carbocycles. The molecule has 3 amide bonds. The molecule has 10 heteroatoms. The minimum Gasteiger partial charge on any atom is -0.352 e. The fraction of sp³-hybridized carbons (Fsp3) is 0.300. The molecule has 1 heterocycles. The van der Waals surface area contributed by atoms with Crippen LogP contribution in [-0.2, 0) is 32.6 Å². The third-order valence-corrected chi connectivity index (χ3v) is 9.25. The lowest BCUT2D eigenvalue weighted by Gasteiger charge is -2.33. The summed E-state index contributed by atoms with van der Waals surface area (Å²) in [5, 5.41) is 3.04. The number of nitrogens with zero attached hydrogens (tertiary/aromatic N) is 2. The SMILES string of the molecule is O=C(NC1CCCC1)[C@H](Cc1ccccc1)N(Cc1ccccc1F)C(=O)CN1C(=O)c2ccccc2S1(=O)=O. The number of hydrogen-bond acceptors (Lipinski definition) is 5. The summed E-state index contributed by atoms with van der Waals surface area (Å²) in [5.74, 6) is -2.56. The molecule has 1 aliphatic heterocycles. The fourth-order valence-corrected chi connectivity index (χ4v) is 6.85. The van der Waals surface area contributed by atoms with Gasteiger partial charge in [-0.2, -0.15) is 0 Å². The second kappa shape index (κ2) is 11.6. The number of halogens is 1. The summed E-state index contributed by atoms with van der Waals surface area (Å²) < 4.78 is 41.7. The first-order valence-corrected chi connectivity index (χ1v) is 14.7. The Hall–Kier alpha value is -4.05. The van der Waals surface area contributed by atoms with Gasteiger partial charge in [0.1, 0.15) is 23.3 Å². The van der Waals surface area contributed by atoms with Crippen molar-refractivity contribution >= 4 is 27.7 Å². The molecule has 1 fully saturated rings. The zero-order valence-corrected chi connectivity index (χ0v) is 22.6. The number of amides is 3. The van der Waals surface area contributed by atoms with E-state index in [1.54, 1.807) is 12.1 Å². The first-order valence-electron chi connectivity index (χ1n) is 13.3. The lowest BCUT2D eigenvalue weighted by Crippen LogP contribution is -2.54. The zero-order valence-electron chi connectivity index (χ0n) is 21.8. The van der Waals surface area contributed by atoms with Crippen LogP contribution in [0.25, 0.3) is 0 Å². The molecule has 0 unspecified atom stereocenters. The number of hydrogen-bond donors (Lipinski definition) is 1. The zero-order chi connectivity index (χ0) is 28.3. The van der Waals surface area contributed by atoms with Crippen LogP contribution in [0.15, 0.2) is 83.8 Å². The highest BCUT2D eigenvalue weighted by molar-refractivity contribution is 7.90. The molecule has 1 saturated carbocycles. The smallest absolute Gasteiger partial charge is 0.269 e. The Kier molecular flexibility index (Phi) is 7.97. The second-order valence-corrected chi connectivity index (χ2v) is 12.0. The van der Waals surface area contributed by atoms with E-state index >= 15 is 0 Å². The average Bonchev–Trinajstić information content (AvgIpc) is 3.53. The molecule has 0 bridgehead atoms. The van der Waals surface area contributed by atoms with Crippen LogP contribution in [-0.4, -0.2) is 54.0 Å². The molecule has 0 aromatic heterocycles. The normalized spacial score (nSPS) is 16.9. The highest BCUT2D eigenvalue weighted by Crippen LogP contribution is 2.30. The summed E-state index contributed by atoms with van der Waals surface area (Å²) in [5.41, 5.74) is 0.926. The number of sulfonamides is 1. The van der Waals surface area contributed by atoms with Crippen LogP contribution in [0.4, 0.5) is 4.39 Å². The van der Waals surface area contributed by atoms with E-state index in [1.807, 2.05) is 30.3 Å². The number of carbonyl (C=O) groups excluding carboxylic acids is 3. The van der Waals surface area contributed by atoms with Crippen LogP contribution in [0.5, 0.6) is 0 Å². The van der Waals surface area contributed by atoms with E-state index in [0.717, 1.165) is 31.2 Å². The summed E-state index contributed by atoms with van der Waals surface area (Å²) in [7, 11) is -4.27. The van der Waals surface area contributed by atoms with Crippen LogP contribution >= 0.6 is 0 Å². The monoisotopic (exact) mass is 563 g/mol. The van der Waals surface area contributed by atoms with Crippen LogP contribution in [0.2, 0.25) is 0 Å².